The van der Waals surface area contributed by atoms with E-state index in [0.717, 1.165) is 18.4 Å². The van der Waals surface area contributed by atoms with Crippen LogP contribution < -0.4 is 5.73 Å². The van der Waals surface area contributed by atoms with Crippen LogP contribution in [0.1, 0.15) is 33.1 Å². The van der Waals surface area contributed by atoms with E-state index in [0.29, 0.717) is 25.4 Å². The summed E-state index contributed by atoms with van der Waals surface area (Å²) in [6, 6.07) is 0. The lowest BCUT2D eigenvalue weighted by Crippen LogP contribution is -2.28. The van der Waals surface area contributed by atoms with Crippen LogP contribution in [0.5, 0.6) is 0 Å². The van der Waals surface area contributed by atoms with Crippen LogP contribution in [0.15, 0.2) is 12.2 Å². The van der Waals surface area contributed by atoms with Crippen LogP contribution in [0.4, 0.5) is 0 Å². The van der Waals surface area contributed by atoms with Gasteiger partial charge < -0.3 is 10.6 Å². The second-order valence-electron chi connectivity index (χ2n) is 4.43. The topological polar surface area (TPSA) is 46.3 Å². The lowest BCUT2D eigenvalue weighted by atomic mass is 10.0. The molecule has 1 amide bonds. The zero-order valence-electron chi connectivity index (χ0n) is 10.3. The third-order valence-corrected chi connectivity index (χ3v) is 2.44. The minimum Gasteiger partial charge on any atom is -0.342 e. The monoisotopic (exact) mass is 212 g/mol. The highest BCUT2D eigenvalue weighted by molar-refractivity contribution is 5.76. The van der Waals surface area contributed by atoms with Crippen LogP contribution in [-0.4, -0.2) is 30.9 Å². The van der Waals surface area contributed by atoms with Crippen molar-refractivity contribution in [2.75, 3.05) is 20.1 Å². The molecule has 0 spiro atoms. The number of likely N-dealkylation sites (N-methyl/N-ethyl adjacent to an activating group) is 1. The van der Waals surface area contributed by atoms with E-state index in [2.05, 4.69) is 13.5 Å². The summed E-state index contributed by atoms with van der Waals surface area (Å²) in [5, 5.41) is 0. The van der Waals surface area contributed by atoms with E-state index >= 15 is 0 Å². The van der Waals surface area contributed by atoms with Gasteiger partial charge in [-0.15, -0.1) is 0 Å². The molecule has 1 atom stereocenters. The van der Waals surface area contributed by atoms with Gasteiger partial charge in [-0.1, -0.05) is 19.1 Å². The molecule has 0 bridgehead atoms. The summed E-state index contributed by atoms with van der Waals surface area (Å²) in [4.78, 5) is 13.4. The minimum atomic E-state index is 0.196. The Labute approximate surface area is 93.3 Å². The van der Waals surface area contributed by atoms with Crippen LogP contribution >= 0.6 is 0 Å². The lowest BCUT2D eigenvalue weighted by molar-refractivity contribution is -0.129. The number of amides is 1. The fraction of sp³-hybridized carbons (Fsp3) is 0.750. The van der Waals surface area contributed by atoms with Gasteiger partial charge in [-0.05, 0) is 32.2 Å². The van der Waals surface area contributed by atoms with Gasteiger partial charge in [-0.2, -0.15) is 0 Å². The molecule has 1 unspecified atom stereocenters. The molecule has 0 fully saturated rings. The van der Waals surface area contributed by atoms with Crippen LogP contribution in [-0.2, 0) is 4.79 Å². The first kappa shape index (κ1) is 14.2. The first-order valence-corrected chi connectivity index (χ1v) is 5.55. The Hall–Kier alpha value is -0.830. The third kappa shape index (κ3) is 7.14. The van der Waals surface area contributed by atoms with E-state index < -0.39 is 0 Å². The van der Waals surface area contributed by atoms with Crippen LogP contribution in [0.3, 0.4) is 0 Å². The highest BCUT2D eigenvalue weighted by atomic mass is 16.2. The number of hydrogen-bond acceptors (Lipinski definition) is 2. The second-order valence-corrected chi connectivity index (χ2v) is 4.43. The fourth-order valence-electron chi connectivity index (χ4n) is 1.48. The minimum absolute atomic E-state index is 0.196. The summed E-state index contributed by atoms with van der Waals surface area (Å²) >= 11 is 0. The molecule has 0 saturated heterocycles. The first-order chi connectivity index (χ1) is 6.97. The molecule has 0 rings (SSSR count). The molecule has 3 heteroatoms. The zero-order valence-corrected chi connectivity index (χ0v) is 10.3. The maximum Gasteiger partial charge on any atom is 0.222 e. The summed E-state index contributed by atoms with van der Waals surface area (Å²) in [6.45, 7) is 9.22. The predicted octanol–water partition coefficient (Wildman–Crippen LogP) is 1.79. The van der Waals surface area contributed by atoms with Crippen molar-refractivity contribution >= 4 is 5.91 Å². The molecular formula is C12H24N2O. The van der Waals surface area contributed by atoms with Gasteiger partial charge in [0.05, 0.1) is 0 Å². The Morgan fingerprint density at radius 1 is 1.47 bits per heavy atom. The SMILES string of the molecule is C=C(C)CN(C)C(=O)CCC(C)CCN. The first-order valence-electron chi connectivity index (χ1n) is 5.55. The van der Waals surface area contributed by atoms with Gasteiger partial charge in [0.1, 0.15) is 0 Å². The van der Waals surface area contributed by atoms with Gasteiger partial charge in [0, 0.05) is 20.0 Å². The standard InChI is InChI=1S/C12H24N2O/c1-10(2)9-14(4)12(15)6-5-11(3)7-8-13/h11H,1,5-9,13H2,2-4H3. The van der Waals surface area contributed by atoms with Crippen molar-refractivity contribution in [3.05, 3.63) is 12.2 Å². The van der Waals surface area contributed by atoms with Crippen molar-refractivity contribution in [1.29, 1.82) is 0 Å². The van der Waals surface area contributed by atoms with E-state index in [-0.39, 0.29) is 5.91 Å². The molecule has 0 saturated carbocycles. The number of hydrogen-bond donors (Lipinski definition) is 1. The van der Waals surface area contributed by atoms with Crippen LogP contribution in [0.25, 0.3) is 0 Å². The van der Waals surface area contributed by atoms with Crippen LogP contribution in [0.2, 0.25) is 0 Å². The number of carbonyl (C=O) groups is 1. The van der Waals surface area contributed by atoms with Crippen molar-refractivity contribution in [1.82, 2.24) is 4.90 Å². The van der Waals surface area contributed by atoms with Crippen molar-refractivity contribution in [3.63, 3.8) is 0 Å². The van der Waals surface area contributed by atoms with Crippen molar-refractivity contribution in [2.24, 2.45) is 11.7 Å². The number of carbonyl (C=O) groups excluding carboxylic acids is 1. The van der Waals surface area contributed by atoms with E-state index in [1.807, 2.05) is 14.0 Å². The Morgan fingerprint density at radius 2 is 2.07 bits per heavy atom. The van der Waals surface area contributed by atoms with Gasteiger partial charge in [0.25, 0.3) is 0 Å². The molecule has 0 aromatic rings. The fourth-order valence-corrected chi connectivity index (χ4v) is 1.48. The average molecular weight is 212 g/mol. The van der Waals surface area contributed by atoms with Gasteiger partial charge in [0.2, 0.25) is 5.91 Å². The maximum absolute atomic E-state index is 11.6. The van der Waals surface area contributed by atoms with E-state index in [1.165, 1.54) is 0 Å². The molecular weight excluding hydrogens is 188 g/mol. The van der Waals surface area contributed by atoms with Gasteiger partial charge >= 0.3 is 0 Å². The highest BCUT2D eigenvalue weighted by Gasteiger charge is 2.10. The van der Waals surface area contributed by atoms with E-state index in [4.69, 9.17) is 5.73 Å². The maximum atomic E-state index is 11.6. The summed E-state index contributed by atoms with van der Waals surface area (Å²) < 4.78 is 0. The van der Waals surface area contributed by atoms with Crippen molar-refractivity contribution in [2.45, 2.75) is 33.1 Å². The highest BCUT2D eigenvalue weighted by Crippen LogP contribution is 2.10. The van der Waals surface area contributed by atoms with Gasteiger partial charge in [-0.25, -0.2) is 0 Å². The molecule has 3 nitrogen and oxygen atoms in total. The molecule has 2 N–H and O–H groups in total. The van der Waals surface area contributed by atoms with E-state index in [9.17, 15) is 4.79 Å². The molecule has 0 heterocycles. The smallest absolute Gasteiger partial charge is 0.222 e. The zero-order chi connectivity index (χ0) is 11.8. The second kappa shape index (κ2) is 7.46. The summed E-state index contributed by atoms with van der Waals surface area (Å²) in [5.74, 6) is 0.735. The summed E-state index contributed by atoms with van der Waals surface area (Å²) in [5.41, 5.74) is 6.47. The number of nitrogens with zero attached hydrogens (tertiary/aromatic N) is 1. The molecule has 0 aromatic carbocycles. The molecule has 0 aromatic heterocycles. The van der Waals surface area contributed by atoms with Gasteiger partial charge in [-0.3, -0.25) is 4.79 Å². The molecule has 0 aliphatic rings. The molecule has 88 valence electrons. The third-order valence-electron chi connectivity index (χ3n) is 2.44. The Bertz CT molecular complexity index is 214. The average Bonchev–Trinajstić information content (AvgIpc) is 2.13. The Balaban J connectivity index is 3.77. The van der Waals surface area contributed by atoms with E-state index in [1.54, 1.807) is 4.90 Å². The number of nitrogens with two attached hydrogens (primary N) is 1. The Morgan fingerprint density at radius 3 is 2.53 bits per heavy atom. The summed E-state index contributed by atoms with van der Waals surface area (Å²) in [7, 11) is 1.82. The largest absolute Gasteiger partial charge is 0.342 e. The predicted molar refractivity (Wildman–Crippen MR) is 64.5 cm³/mol. The molecule has 0 radical (unpaired) electrons. The molecule has 0 aliphatic heterocycles. The van der Waals surface area contributed by atoms with Gasteiger partial charge in [0.15, 0.2) is 0 Å². The van der Waals surface area contributed by atoms with Crippen molar-refractivity contribution in [3.8, 4) is 0 Å². The summed E-state index contributed by atoms with van der Waals surface area (Å²) in [6.07, 6.45) is 2.54. The number of rotatable bonds is 7. The Kier molecular flexibility index (Phi) is 7.05. The molecule has 0 aliphatic carbocycles. The quantitative estimate of drug-likeness (QED) is 0.654. The molecule has 15 heavy (non-hydrogen) atoms. The normalized spacial score (nSPS) is 12.3. The van der Waals surface area contributed by atoms with Crippen molar-refractivity contribution < 1.29 is 4.79 Å². The van der Waals surface area contributed by atoms with Crippen LogP contribution in [0, 0.1) is 5.92 Å². The lowest BCUT2D eigenvalue weighted by Gasteiger charge is -2.18.